The van der Waals surface area contributed by atoms with Gasteiger partial charge >= 0.3 is 0 Å². The predicted octanol–water partition coefficient (Wildman–Crippen LogP) is 0.477. The van der Waals surface area contributed by atoms with Crippen LogP contribution < -0.4 is 5.32 Å². The number of hydrogen-bond donors (Lipinski definition) is 2. The molecule has 0 fully saturated rings. The number of nitrogens with one attached hydrogen (secondary N) is 1. The quantitative estimate of drug-likeness (QED) is 0.791. The van der Waals surface area contributed by atoms with Crippen LogP contribution in [0.5, 0.6) is 0 Å². The molecule has 0 aliphatic heterocycles. The summed E-state index contributed by atoms with van der Waals surface area (Å²) >= 11 is 0. The van der Waals surface area contributed by atoms with Gasteiger partial charge in [0, 0.05) is 13.0 Å². The number of nitrogens with zero attached hydrogens (tertiary/aromatic N) is 3. The molecular formula is C13H16N4O2. The van der Waals surface area contributed by atoms with E-state index in [0.717, 1.165) is 11.1 Å². The van der Waals surface area contributed by atoms with E-state index in [1.807, 2.05) is 24.3 Å². The summed E-state index contributed by atoms with van der Waals surface area (Å²) in [6, 6.07) is 7.49. The Hall–Kier alpha value is -2.21. The van der Waals surface area contributed by atoms with Crippen molar-refractivity contribution in [3.8, 4) is 0 Å². The molecule has 0 unspecified atom stereocenters. The largest absolute Gasteiger partial charge is 0.392 e. The fraction of sp³-hybridized carbons (Fsp3) is 0.308. The second-order valence-electron chi connectivity index (χ2n) is 4.16. The van der Waals surface area contributed by atoms with Crippen molar-refractivity contribution in [2.24, 2.45) is 0 Å². The average molecular weight is 260 g/mol. The highest BCUT2D eigenvalue weighted by Crippen LogP contribution is 2.04. The highest BCUT2D eigenvalue weighted by Gasteiger charge is 2.02. The molecule has 100 valence electrons. The van der Waals surface area contributed by atoms with E-state index in [2.05, 4.69) is 15.4 Å². The number of aliphatic hydroxyl groups is 1. The van der Waals surface area contributed by atoms with Gasteiger partial charge in [0.2, 0.25) is 5.91 Å². The number of amides is 1. The molecule has 1 heterocycles. The van der Waals surface area contributed by atoms with Crippen molar-refractivity contribution in [3.63, 3.8) is 0 Å². The Kier molecular flexibility index (Phi) is 4.63. The third-order valence-corrected chi connectivity index (χ3v) is 2.70. The predicted molar refractivity (Wildman–Crippen MR) is 68.9 cm³/mol. The van der Waals surface area contributed by atoms with Crippen molar-refractivity contribution < 1.29 is 9.90 Å². The van der Waals surface area contributed by atoms with E-state index >= 15 is 0 Å². The third-order valence-electron chi connectivity index (χ3n) is 2.70. The maximum Gasteiger partial charge on any atom is 0.222 e. The van der Waals surface area contributed by atoms with E-state index in [9.17, 15) is 4.79 Å². The molecule has 6 nitrogen and oxygen atoms in total. The van der Waals surface area contributed by atoms with Crippen LogP contribution in [0.15, 0.2) is 36.9 Å². The number of aromatic nitrogens is 3. The van der Waals surface area contributed by atoms with Crippen molar-refractivity contribution in [1.82, 2.24) is 20.1 Å². The van der Waals surface area contributed by atoms with Crippen LogP contribution in [-0.2, 0) is 24.5 Å². The van der Waals surface area contributed by atoms with Crippen LogP contribution in [0.4, 0.5) is 0 Å². The Morgan fingerprint density at radius 2 is 2.21 bits per heavy atom. The van der Waals surface area contributed by atoms with Crippen LogP contribution in [0.1, 0.15) is 17.5 Å². The SMILES string of the molecule is O=C(CCn1cncn1)NCc1cccc(CO)c1. The van der Waals surface area contributed by atoms with E-state index in [1.54, 1.807) is 11.0 Å². The molecule has 0 aliphatic carbocycles. The third kappa shape index (κ3) is 4.18. The van der Waals surface area contributed by atoms with Crippen molar-refractivity contribution in [1.29, 1.82) is 0 Å². The lowest BCUT2D eigenvalue weighted by molar-refractivity contribution is -0.121. The maximum atomic E-state index is 11.6. The van der Waals surface area contributed by atoms with Gasteiger partial charge in [0.25, 0.3) is 0 Å². The monoisotopic (exact) mass is 260 g/mol. The Balaban J connectivity index is 1.76. The summed E-state index contributed by atoms with van der Waals surface area (Å²) in [5, 5.41) is 15.8. The zero-order valence-corrected chi connectivity index (χ0v) is 10.5. The van der Waals surface area contributed by atoms with Crippen molar-refractivity contribution in [3.05, 3.63) is 48.0 Å². The maximum absolute atomic E-state index is 11.6. The van der Waals surface area contributed by atoms with Crippen LogP contribution in [-0.4, -0.2) is 25.8 Å². The molecule has 0 saturated heterocycles. The van der Waals surface area contributed by atoms with Crippen LogP contribution >= 0.6 is 0 Å². The lowest BCUT2D eigenvalue weighted by atomic mass is 10.1. The van der Waals surface area contributed by atoms with E-state index in [4.69, 9.17) is 5.11 Å². The molecule has 1 aromatic carbocycles. The van der Waals surface area contributed by atoms with Gasteiger partial charge in [0.05, 0.1) is 13.2 Å². The highest BCUT2D eigenvalue weighted by molar-refractivity contribution is 5.75. The van der Waals surface area contributed by atoms with Crippen molar-refractivity contribution in [2.45, 2.75) is 26.1 Å². The topological polar surface area (TPSA) is 80.0 Å². The minimum Gasteiger partial charge on any atom is -0.392 e. The van der Waals surface area contributed by atoms with Gasteiger partial charge in [-0.15, -0.1) is 0 Å². The number of benzene rings is 1. The fourth-order valence-electron chi connectivity index (χ4n) is 1.69. The summed E-state index contributed by atoms with van der Waals surface area (Å²) in [4.78, 5) is 15.5. The first-order valence-electron chi connectivity index (χ1n) is 6.05. The van der Waals surface area contributed by atoms with E-state index in [1.165, 1.54) is 6.33 Å². The normalized spacial score (nSPS) is 10.4. The number of aliphatic hydroxyl groups excluding tert-OH is 1. The first-order valence-corrected chi connectivity index (χ1v) is 6.05. The van der Waals surface area contributed by atoms with Crippen LogP contribution in [0.25, 0.3) is 0 Å². The molecule has 0 bridgehead atoms. The number of aryl methyl sites for hydroxylation is 1. The highest BCUT2D eigenvalue weighted by atomic mass is 16.3. The standard InChI is InChI=1S/C13H16N4O2/c18-8-12-3-1-2-11(6-12)7-15-13(19)4-5-17-10-14-9-16-17/h1-3,6,9-10,18H,4-5,7-8H2,(H,15,19). The number of carbonyl (C=O) groups excluding carboxylic acids is 1. The molecule has 1 amide bonds. The second kappa shape index (κ2) is 6.65. The zero-order valence-electron chi connectivity index (χ0n) is 10.5. The summed E-state index contributed by atoms with van der Waals surface area (Å²) in [5.41, 5.74) is 1.81. The molecule has 2 N–H and O–H groups in total. The Bertz CT molecular complexity index is 525. The van der Waals surface area contributed by atoms with E-state index < -0.39 is 0 Å². The van der Waals surface area contributed by atoms with E-state index in [-0.39, 0.29) is 12.5 Å². The van der Waals surface area contributed by atoms with Crippen molar-refractivity contribution in [2.75, 3.05) is 0 Å². The van der Waals surface area contributed by atoms with Crippen LogP contribution in [0.2, 0.25) is 0 Å². The fourth-order valence-corrected chi connectivity index (χ4v) is 1.69. The minimum absolute atomic E-state index is 0.00802. The molecule has 6 heteroatoms. The summed E-state index contributed by atoms with van der Waals surface area (Å²) in [7, 11) is 0. The molecule has 0 saturated carbocycles. The van der Waals surface area contributed by atoms with Gasteiger partial charge in [0.1, 0.15) is 12.7 Å². The van der Waals surface area contributed by atoms with Gasteiger partial charge in [-0.2, -0.15) is 5.10 Å². The van der Waals surface area contributed by atoms with Gasteiger partial charge < -0.3 is 10.4 Å². The van der Waals surface area contributed by atoms with Gasteiger partial charge in [-0.25, -0.2) is 4.98 Å². The Morgan fingerprint density at radius 1 is 1.37 bits per heavy atom. The smallest absolute Gasteiger partial charge is 0.222 e. The molecule has 19 heavy (non-hydrogen) atoms. The summed E-state index contributed by atoms with van der Waals surface area (Å²) < 4.78 is 1.62. The van der Waals surface area contributed by atoms with Gasteiger partial charge in [-0.3, -0.25) is 9.48 Å². The first kappa shape index (κ1) is 13.2. The van der Waals surface area contributed by atoms with E-state index in [0.29, 0.717) is 19.5 Å². The van der Waals surface area contributed by atoms with Crippen LogP contribution in [0, 0.1) is 0 Å². The molecule has 2 aromatic rings. The summed E-state index contributed by atoms with van der Waals surface area (Å²) in [6.07, 6.45) is 3.39. The lowest BCUT2D eigenvalue weighted by Crippen LogP contribution is -2.24. The van der Waals surface area contributed by atoms with Crippen molar-refractivity contribution >= 4 is 5.91 Å². The first-order chi connectivity index (χ1) is 9.28. The minimum atomic E-state index is -0.0371. The van der Waals surface area contributed by atoms with Gasteiger partial charge in [-0.1, -0.05) is 24.3 Å². The molecule has 0 atom stereocenters. The Morgan fingerprint density at radius 3 is 2.95 bits per heavy atom. The average Bonchev–Trinajstić information content (AvgIpc) is 2.96. The van der Waals surface area contributed by atoms with Crippen LogP contribution in [0.3, 0.4) is 0 Å². The van der Waals surface area contributed by atoms with Gasteiger partial charge in [-0.05, 0) is 11.1 Å². The molecular weight excluding hydrogens is 244 g/mol. The molecule has 1 aromatic heterocycles. The number of hydrogen-bond acceptors (Lipinski definition) is 4. The Labute approximate surface area is 111 Å². The van der Waals surface area contributed by atoms with Gasteiger partial charge in [0.15, 0.2) is 0 Å². The molecule has 0 aliphatic rings. The zero-order chi connectivity index (χ0) is 13.5. The molecule has 0 spiro atoms. The molecule has 0 radical (unpaired) electrons. The number of rotatable bonds is 6. The number of carbonyl (C=O) groups is 1. The second-order valence-corrected chi connectivity index (χ2v) is 4.16. The molecule has 2 rings (SSSR count). The summed E-state index contributed by atoms with van der Waals surface area (Å²) in [6.45, 7) is 0.987. The lowest BCUT2D eigenvalue weighted by Gasteiger charge is -2.06. The summed E-state index contributed by atoms with van der Waals surface area (Å²) in [5.74, 6) is -0.0371.